The smallest absolute Gasteiger partial charge is 0.233 e. The highest BCUT2D eigenvalue weighted by molar-refractivity contribution is 6.31. The minimum absolute atomic E-state index is 0.190. The number of nitrogens with zero attached hydrogens (tertiary/aromatic N) is 1. The SMILES string of the molecule is Cc1c(Cl)cccc1NC(=O)CC(=O)N1CCC2(CC1)CC(C)(O)CCO2. The summed E-state index contributed by atoms with van der Waals surface area (Å²) in [7, 11) is 0. The standard InChI is InChI=1S/C20H27ClN2O4/c1-14-15(21)4-3-5-16(14)22-17(24)12-18(25)23-9-6-20(7-10-23)13-19(2,26)8-11-27-20/h3-5,26H,6-13H2,1-2H3,(H,22,24). The fourth-order valence-electron chi connectivity index (χ4n) is 3.99. The maximum Gasteiger partial charge on any atom is 0.233 e. The normalized spacial score (nSPS) is 24.7. The van der Waals surface area contributed by atoms with Crippen LogP contribution >= 0.6 is 11.6 Å². The van der Waals surface area contributed by atoms with Gasteiger partial charge in [-0.3, -0.25) is 9.59 Å². The lowest BCUT2D eigenvalue weighted by molar-refractivity contribution is -0.175. The fourth-order valence-corrected chi connectivity index (χ4v) is 4.17. The first kappa shape index (κ1) is 20.1. The summed E-state index contributed by atoms with van der Waals surface area (Å²) in [5.41, 5.74) is 0.342. The van der Waals surface area contributed by atoms with Crippen LogP contribution in [-0.2, 0) is 14.3 Å². The van der Waals surface area contributed by atoms with E-state index in [9.17, 15) is 14.7 Å². The lowest BCUT2D eigenvalue weighted by atomic mass is 9.78. The second-order valence-electron chi connectivity index (χ2n) is 7.97. The Morgan fingerprint density at radius 2 is 2.00 bits per heavy atom. The van der Waals surface area contributed by atoms with Crippen molar-refractivity contribution < 1.29 is 19.4 Å². The first-order valence-electron chi connectivity index (χ1n) is 9.39. The second-order valence-corrected chi connectivity index (χ2v) is 8.38. The minimum Gasteiger partial charge on any atom is -0.390 e. The van der Waals surface area contributed by atoms with E-state index in [1.165, 1.54) is 0 Å². The number of halogens is 1. The van der Waals surface area contributed by atoms with Gasteiger partial charge < -0.3 is 20.1 Å². The highest BCUT2D eigenvalue weighted by Gasteiger charge is 2.44. The van der Waals surface area contributed by atoms with Gasteiger partial charge >= 0.3 is 0 Å². The molecular formula is C20H27ClN2O4. The van der Waals surface area contributed by atoms with Crippen LogP contribution in [0.5, 0.6) is 0 Å². The molecule has 148 valence electrons. The van der Waals surface area contributed by atoms with E-state index in [-0.39, 0.29) is 23.8 Å². The van der Waals surface area contributed by atoms with Gasteiger partial charge in [0.25, 0.3) is 0 Å². The number of ether oxygens (including phenoxy) is 1. The van der Waals surface area contributed by atoms with Crippen LogP contribution in [0, 0.1) is 6.92 Å². The summed E-state index contributed by atoms with van der Waals surface area (Å²) in [5, 5.41) is 13.7. The lowest BCUT2D eigenvalue weighted by Gasteiger charge is -2.48. The number of nitrogens with one attached hydrogen (secondary N) is 1. The summed E-state index contributed by atoms with van der Waals surface area (Å²) in [4.78, 5) is 26.5. The summed E-state index contributed by atoms with van der Waals surface area (Å²) in [6, 6.07) is 5.28. The Morgan fingerprint density at radius 3 is 2.67 bits per heavy atom. The topological polar surface area (TPSA) is 78.9 Å². The summed E-state index contributed by atoms with van der Waals surface area (Å²) in [5.74, 6) is -0.535. The van der Waals surface area contributed by atoms with E-state index in [4.69, 9.17) is 16.3 Å². The van der Waals surface area contributed by atoms with E-state index in [1.54, 1.807) is 23.1 Å². The number of aliphatic hydroxyl groups is 1. The first-order chi connectivity index (χ1) is 12.7. The van der Waals surface area contributed by atoms with Gasteiger partial charge in [-0.25, -0.2) is 0 Å². The molecule has 1 spiro atoms. The summed E-state index contributed by atoms with van der Waals surface area (Å²) < 4.78 is 5.96. The largest absolute Gasteiger partial charge is 0.390 e. The van der Waals surface area contributed by atoms with Gasteiger partial charge in [0.05, 0.1) is 17.8 Å². The molecule has 0 bridgehead atoms. The Labute approximate surface area is 164 Å². The van der Waals surface area contributed by atoms with Crippen molar-refractivity contribution in [2.75, 3.05) is 25.0 Å². The number of carbonyl (C=O) groups is 2. The molecular weight excluding hydrogens is 368 g/mol. The summed E-state index contributed by atoms with van der Waals surface area (Å²) in [6.07, 6.45) is 2.41. The van der Waals surface area contributed by atoms with Crippen molar-refractivity contribution >= 4 is 29.1 Å². The van der Waals surface area contributed by atoms with E-state index >= 15 is 0 Å². The maximum atomic E-state index is 12.5. The number of piperidine rings is 1. The van der Waals surface area contributed by atoms with E-state index in [0.717, 1.165) is 5.56 Å². The first-order valence-corrected chi connectivity index (χ1v) is 9.77. The Kier molecular flexibility index (Phi) is 5.79. The molecule has 2 amide bonds. The molecule has 2 N–H and O–H groups in total. The van der Waals surface area contributed by atoms with Gasteiger partial charge in [-0.2, -0.15) is 0 Å². The Balaban J connectivity index is 1.52. The number of hydrogen-bond acceptors (Lipinski definition) is 4. The number of rotatable bonds is 3. The number of carbonyl (C=O) groups excluding carboxylic acids is 2. The molecule has 2 heterocycles. The molecule has 1 atom stereocenters. The van der Waals surface area contributed by atoms with Crippen LogP contribution in [0.25, 0.3) is 0 Å². The van der Waals surface area contributed by atoms with Crippen molar-refractivity contribution in [3.63, 3.8) is 0 Å². The quantitative estimate of drug-likeness (QED) is 0.772. The molecule has 0 saturated carbocycles. The average Bonchev–Trinajstić information content (AvgIpc) is 2.58. The van der Waals surface area contributed by atoms with Crippen molar-refractivity contribution in [3.8, 4) is 0 Å². The number of hydrogen-bond donors (Lipinski definition) is 2. The zero-order chi connectivity index (χ0) is 19.7. The predicted octanol–water partition coefficient (Wildman–Crippen LogP) is 2.90. The van der Waals surface area contributed by atoms with Crippen molar-refractivity contribution in [1.82, 2.24) is 4.90 Å². The molecule has 2 saturated heterocycles. The van der Waals surface area contributed by atoms with Gasteiger partial charge in [0.2, 0.25) is 11.8 Å². The van der Waals surface area contributed by atoms with Gasteiger partial charge in [-0.15, -0.1) is 0 Å². The molecule has 6 nitrogen and oxygen atoms in total. The van der Waals surface area contributed by atoms with Crippen LogP contribution in [0.15, 0.2) is 18.2 Å². The number of anilines is 1. The average molecular weight is 395 g/mol. The fraction of sp³-hybridized carbons (Fsp3) is 0.600. The molecule has 1 aromatic carbocycles. The van der Waals surface area contributed by atoms with Crippen molar-refractivity contribution in [1.29, 1.82) is 0 Å². The summed E-state index contributed by atoms with van der Waals surface area (Å²) in [6.45, 7) is 5.29. The molecule has 27 heavy (non-hydrogen) atoms. The summed E-state index contributed by atoms with van der Waals surface area (Å²) >= 11 is 6.06. The Morgan fingerprint density at radius 1 is 1.30 bits per heavy atom. The van der Waals surface area contributed by atoms with Gasteiger partial charge in [-0.05, 0) is 50.8 Å². The number of benzene rings is 1. The molecule has 3 rings (SSSR count). The molecule has 0 radical (unpaired) electrons. The van der Waals surface area contributed by atoms with Crippen LogP contribution in [0.2, 0.25) is 5.02 Å². The molecule has 1 unspecified atom stereocenters. The Hall–Kier alpha value is -1.63. The van der Waals surface area contributed by atoms with Gasteiger partial charge in [0.1, 0.15) is 6.42 Å². The number of likely N-dealkylation sites (tertiary alicyclic amines) is 1. The third-order valence-electron chi connectivity index (χ3n) is 5.63. The molecule has 0 aromatic heterocycles. The molecule has 2 aliphatic heterocycles. The number of amides is 2. The van der Waals surface area contributed by atoms with Crippen molar-refractivity contribution in [2.24, 2.45) is 0 Å². The highest BCUT2D eigenvalue weighted by atomic mass is 35.5. The maximum absolute atomic E-state index is 12.5. The van der Waals surface area contributed by atoms with E-state index < -0.39 is 5.60 Å². The van der Waals surface area contributed by atoms with Gasteiger partial charge in [0.15, 0.2) is 0 Å². The predicted molar refractivity (Wildman–Crippen MR) is 104 cm³/mol. The van der Waals surface area contributed by atoms with Gasteiger partial charge in [0, 0.05) is 30.2 Å². The Bertz CT molecular complexity index is 727. The van der Waals surface area contributed by atoms with Crippen LogP contribution in [0.4, 0.5) is 5.69 Å². The van der Waals surface area contributed by atoms with Crippen molar-refractivity contribution in [3.05, 3.63) is 28.8 Å². The highest BCUT2D eigenvalue weighted by Crippen LogP contribution is 2.39. The van der Waals surface area contributed by atoms with Crippen molar-refractivity contribution in [2.45, 2.75) is 57.2 Å². The molecule has 2 aliphatic rings. The van der Waals surface area contributed by atoms with Crippen LogP contribution < -0.4 is 5.32 Å². The molecule has 7 heteroatoms. The molecule has 2 fully saturated rings. The van der Waals surface area contributed by atoms with Crippen LogP contribution in [-0.4, -0.2) is 52.7 Å². The van der Waals surface area contributed by atoms with Crippen LogP contribution in [0.3, 0.4) is 0 Å². The zero-order valence-electron chi connectivity index (χ0n) is 15.9. The third-order valence-corrected chi connectivity index (χ3v) is 6.04. The molecule has 1 aromatic rings. The van der Waals surface area contributed by atoms with Crippen LogP contribution in [0.1, 0.15) is 44.6 Å². The molecule has 0 aliphatic carbocycles. The van der Waals surface area contributed by atoms with E-state index in [2.05, 4.69) is 5.32 Å². The van der Waals surface area contributed by atoms with E-state index in [1.807, 2.05) is 13.8 Å². The lowest BCUT2D eigenvalue weighted by Crippen LogP contribution is -2.54. The second kappa shape index (κ2) is 7.78. The third kappa shape index (κ3) is 4.81. The zero-order valence-corrected chi connectivity index (χ0v) is 16.6. The monoisotopic (exact) mass is 394 g/mol. The van der Waals surface area contributed by atoms with E-state index in [0.29, 0.717) is 56.1 Å². The van der Waals surface area contributed by atoms with Gasteiger partial charge in [-0.1, -0.05) is 17.7 Å². The minimum atomic E-state index is -0.709.